The van der Waals surface area contributed by atoms with Gasteiger partial charge < -0.3 is 10.4 Å². The van der Waals surface area contributed by atoms with Crippen molar-refractivity contribution in [2.75, 3.05) is 19.6 Å². The van der Waals surface area contributed by atoms with E-state index in [1.54, 1.807) is 0 Å². The Kier molecular flexibility index (Phi) is 9.86. The van der Waals surface area contributed by atoms with Crippen LogP contribution in [0.3, 0.4) is 0 Å². The first-order chi connectivity index (χ1) is 9.33. The van der Waals surface area contributed by atoms with Crippen LogP contribution in [0.2, 0.25) is 0 Å². The lowest BCUT2D eigenvalue weighted by Crippen LogP contribution is -2.49. The molecule has 120 valence electrons. The maximum Gasteiger partial charge on any atom is 0.227 e. The van der Waals surface area contributed by atoms with Crippen LogP contribution in [0.5, 0.6) is 0 Å². The van der Waals surface area contributed by atoms with Gasteiger partial charge in [-0.05, 0) is 25.2 Å². The molecule has 0 aromatic heterocycles. The molecule has 0 rings (SSSR count). The molecule has 0 bridgehead atoms. The normalized spacial score (nSPS) is 14.9. The number of amides is 1. The number of carbonyl (C=O) groups is 1. The molecule has 0 aliphatic heterocycles. The highest BCUT2D eigenvalue weighted by Gasteiger charge is 2.30. The SMILES string of the molecule is CCCC(C(=O)NCC)C(O)N(CC(C)C)CC(C)C. The molecule has 0 fully saturated rings. The molecular weight excluding hydrogens is 252 g/mol. The maximum absolute atomic E-state index is 12.2. The van der Waals surface area contributed by atoms with Gasteiger partial charge in [-0.3, -0.25) is 9.69 Å². The smallest absolute Gasteiger partial charge is 0.227 e. The van der Waals surface area contributed by atoms with Crippen LogP contribution in [0.4, 0.5) is 0 Å². The Bertz CT molecular complexity index is 257. The van der Waals surface area contributed by atoms with Gasteiger partial charge >= 0.3 is 0 Å². The molecule has 2 N–H and O–H groups in total. The molecule has 0 saturated heterocycles. The van der Waals surface area contributed by atoms with E-state index in [9.17, 15) is 9.90 Å². The standard InChI is InChI=1S/C16H34N2O2/c1-7-9-14(15(19)17-8-2)16(20)18(10-12(3)4)11-13(5)6/h12-14,16,20H,7-11H2,1-6H3,(H,17,19). The van der Waals surface area contributed by atoms with Crippen LogP contribution >= 0.6 is 0 Å². The topological polar surface area (TPSA) is 52.6 Å². The minimum Gasteiger partial charge on any atom is -0.378 e. The van der Waals surface area contributed by atoms with Gasteiger partial charge in [0.2, 0.25) is 5.91 Å². The van der Waals surface area contributed by atoms with Crippen molar-refractivity contribution in [3.63, 3.8) is 0 Å². The average Bonchev–Trinajstić information content (AvgIpc) is 2.33. The number of carbonyl (C=O) groups excluding carboxylic acids is 1. The predicted octanol–water partition coefficient (Wildman–Crippen LogP) is 2.47. The van der Waals surface area contributed by atoms with Crippen LogP contribution in [0.1, 0.15) is 54.4 Å². The molecule has 0 saturated carbocycles. The van der Waals surface area contributed by atoms with E-state index in [0.717, 1.165) is 25.9 Å². The summed E-state index contributed by atoms with van der Waals surface area (Å²) < 4.78 is 0. The average molecular weight is 286 g/mol. The van der Waals surface area contributed by atoms with Gasteiger partial charge in [-0.1, -0.05) is 41.0 Å². The van der Waals surface area contributed by atoms with Gasteiger partial charge in [-0.15, -0.1) is 0 Å². The van der Waals surface area contributed by atoms with Crippen LogP contribution in [-0.2, 0) is 4.79 Å². The number of nitrogens with one attached hydrogen (secondary N) is 1. The molecule has 1 amide bonds. The van der Waals surface area contributed by atoms with Crippen molar-refractivity contribution < 1.29 is 9.90 Å². The summed E-state index contributed by atoms with van der Waals surface area (Å²) in [6, 6.07) is 0. The van der Waals surface area contributed by atoms with Gasteiger partial charge in [0.05, 0.1) is 5.92 Å². The first kappa shape index (κ1) is 19.4. The van der Waals surface area contributed by atoms with E-state index in [4.69, 9.17) is 0 Å². The van der Waals surface area contributed by atoms with E-state index < -0.39 is 6.23 Å². The summed E-state index contributed by atoms with van der Waals surface area (Å²) in [5.74, 6) is 0.580. The van der Waals surface area contributed by atoms with E-state index in [0.29, 0.717) is 18.4 Å². The summed E-state index contributed by atoms with van der Waals surface area (Å²) in [5.41, 5.74) is 0. The Balaban J connectivity index is 4.92. The van der Waals surface area contributed by atoms with E-state index in [1.807, 2.05) is 13.8 Å². The van der Waals surface area contributed by atoms with Crippen molar-refractivity contribution in [2.45, 2.75) is 60.6 Å². The Morgan fingerprint density at radius 3 is 1.95 bits per heavy atom. The van der Waals surface area contributed by atoms with Gasteiger partial charge in [-0.2, -0.15) is 0 Å². The summed E-state index contributed by atoms with van der Waals surface area (Å²) in [4.78, 5) is 14.2. The highest BCUT2D eigenvalue weighted by Crippen LogP contribution is 2.18. The molecule has 0 aromatic rings. The van der Waals surface area contributed by atoms with Crippen molar-refractivity contribution in [3.8, 4) is 0 Å². The van der Waals surface area contributed by atoms with E-state index in [-0.39, 0.29) is 11.8 Å². The Morgan fingerprint density at radius 1 is 1.10 bits per heavy atom. The summed E-state index contributed by atoms with van der Waals surface area (Å²) in [5, 5.41) is 13.5. The molecule has 4 heteroatoms. The van der Waals surface area contributed by atoms with Crippen LogP contribution in [0.25, 0.3) is 0 Å². The molecule has 2 unspecified atom stereocenters. The third-order valence-electron chi connectivity index (χ3n) is 3.22. The first-order valence-corrected chi connectivity index (χ1v) is 8.03. The minimum absolute atomic E-state index is 0.0284. The zero-order chi connectivity index (χ0) is 15.7. The molecule has 0 aliphatic carbocycles. The summed E-state index contributed by atoms with van der Waals surface area (Å²) in [6.45, 7) is 14.8. The minimum atomic E-state index is -0.689. The molecule has 20 heavy (non-hydrogen) atoms. The van der Waals surface area contributed by atoms with Crippen molar-refractivity contribution in [1.29, 1.82) is 0 Å². The van der Waals surface area contributed by atoms with Crippen LogP contribution < -0.4 is 5.32 Å². The van der Waals surface area contributed by atoms with Crippen molar-refractivity contribution in [3.05, 3.63) is 0 Å². The van der Waals surface area contributed by atoms with Gasteiger partial charge in [0.1, 0.15) is 6.23 Å². The Hall–Kier alpha value is -0.610. The Labute approximate surface area is 124 Å². The summed E-state index contributed by atoms with van der Waals surface area (Å²) in [6.07, 6.45) is 0.932. The second-order valence-electron chi connectivity index (χ2n) is 6.44. The largest absolute Gasteiger partial charge is 0.378 e. The van der Waals surface area contributed by atoms with Crippen LogP contribution in [0.15, 0.2) is 0 Å². The van der Waals surface area contributed by atoms with E-state index in [1.165, 1.54) is 0 Å². The van der Waals surface area contributed by atoms with Gasteiger partial charge in [0.25, 0.3) is 0 Å². The molecule has 2 atom stereocenters. The fraction of sp³-hybridized carbons (Fsp3) is 0.938. The third kappa shape index (κ3) is 7.25. The fourth-order valence-electron chi connectivity index (χ4n) is 2.51. The monoisotopic (exact) mass is 286 g/mol. The fourth-order valence-corrected chi connectivity index (χ4v) is 2.51. The zero-order valence-electron chi connectivity index (χ0n) is 14.1. The molecule has 0 aliphatic rings. The molecule has 0 spiro atoms. The summed E-state index contributed by atoms with van der Waals surface area (Å²) >= 11 is 0. The molecule has 0 heterocycles. The van der Waals surface area contributed by atoms with Crippen LogP contribution in [-0.4, -0.2) is 41.8 Å². The lowest BCUT2D eigenvalue weighted by molar-refractivity contribution is -0.136. The second kappa shape index (κ2) is 10.2. The van der Waals surface area contributed by atoms with Crippen molar-refractivity contribution >= 4 is 5.91 Å². The molecular formula is C16H34N2O2. The number of aliphatic hydroxyl groups excluding tert-OH is 1. The molecule has 4 nitrogen and oxygen atoms in total. The van der Waals surface area contributed by atoms with Crippen LogP contribution in [0, 0.1) is 17.8 Å². The number of hydrogen-bond acceptors (Lipinski definition) is 3. The van der Waals surface area contributed by atoms with E-state index in [2.05, 4.69) is 37.9 Å². The van der Waals surface area contributed by atoms with Crippen molar-refractivity contribution in [2.24, 2.45) is 17.8 Å². The third-order valence-corrected chi connectivity index (χ3v) is 3.22. The Morgan fingerprint density at radius 2 is 1.60 bits per heavy atom. The quantitative estimate of drug-likeness (QED) is 0.607. The predicted molar refractivity (Wildman–Crippen MR) is 84.3 cm³/mol. The highest BCUT2D eigenvalue weighted by atomic mass is 16.3. The number of aliphatic hydroxyl groups is 1. The maximum atomic E-state index is 12.2. The summed E-state index contributed by atoms with van der Waals surface area (Å²) in [7, 11) is 0. The lowest BCUT2D eigenvalue weighted by atomic mass is 9.98. The number of rotatable bonds is 10. The van der Waals surface area contributed by atoms with Gasteiger partial charge in [-0.25, -0.2) is 0 Å². The molecule has 0 aromatic carbocycles. The number of hydrogen-bond donors (Lipinski definition) is 2. The van der Waals surface area contributed by atoms with Gasteiger partial charge in [0, 0.05) is 19.6 Å². The number of nitrogens with zero attached hydrogens (tertiary/aromatic N) is 1. The van der Waals surface area contributed by atoms with Gasteiger partial charge in [0.15, 0.2) is 0 Å². The first-order valence-electron chi connectivity index (χ1n) is 8.03. The highest BCUT2D eigenvalue weighted by molar-refractivity contribution is 5.79. The molecule has 0 radical (unpaired) electrons. The van der Waals surface area contributed by atoms with E-state index >= 15 is 0 Å². The van der Waals surface area contributed by atoms with Crippen molar-refractivity contribution in [1.82, 2.24) is 10.2 Å². The zero-order valence-corrected chi connectivity index (χ0v) is 14.1. The second-order valence-corrected chi connectivity index (χ2v) is 6.44. The lowest BCUT2D eigenvalue weighted by Gasteiger charge is -2.35.